The average Bonchev–Trinajstić information content (AvgIpc) is 3.28. The molecule has 4 rings (SSSR count). The van der Waals surface area contributed by atoms with Gasteiger partial charge in [0.15, 0.2) is 0 Å². The molecule has 0 bridgehead atoms. The summed E-state index contributed by atoms with van der Waals surface area (Å²) < 4.78 is 18.7. The topological polar surface area (TPSA) is 66.5 Å². The number of carbonyl (C=O) groups excluding carboxylic acids is 1. The first-order valence-electron chi connectivity index (χ1n) is 10.6. The van der Waals surface area contributed by atoms with Crippen LogP contribution in [0.5, 0.6) is 0 Å². The molecule has 8 heteroatoms. The van der Waals surface area contributed by atoms with Gasteiger partial charge in [-0.2, -0.15) is 0 Å². The molecule has 1 aliphatic carbocycles. The maximum absolute atomic E-state index is 13.3. The van der Waals surface area contributed by atoms with E-state index < -0.39 is 6.67 Å². The molecule has 2 amide bonds. The van der Waals surface area contributed by atoms with Crippen LogP contribution in [-0.4, -0.2) is 54.3 Å². The van der Waals surface area contributed by atoms with E-state index in [1.807, 2.05) is 19.2 Å². The number of urea groups is 1. The summed E-state index contributed by atoms with van der Waals surface area (Å²) in [5.74, 6) is 0. The molecule has 162 valence electrons. The Balaban J connectivity index is 1.44. The molecule has 2 heterocycles. The highest BCUT2D eigenvalue weighted by atomic mass is 35.5. The Kier molecular flexibility index (Phi) is 6.58. The van der Waals surface area contributed by atoms with E-state index in [-0.39, 0.29) is 24.2 Å². The number of alkyl halides is 1. The highest BCUT2D eigenvalue weighted by Gasteiger charge is 2.28. The molecular weight excluding hydrogens is 407 g/mol. The second kappa shape index (κ2) is 9.35. The number of likely N-dealkylation sites (N-methyl/N-ethyl adjacent to an activating group) is 1. The zero-order valence-corrected chi connectivity index (χ0v) is 17.9. The number of nitrogens with zero attached hydrogens (tertiary/aromatic N) is 2. The lowest BCUT2D eigenvalue weighted by Crippen LogP contribution is -2.49. The third kappa shape index (κ3) is 4.78. The molecule has 0 spiro atoms. The van der Waals surface area contributed by atoms with Crippen LogP contribution in [-0.2, 0) is 11.4 Å². The van der Waals surface area contributed by atoms with Crippen molar-refractivity contribution in [3.8, 4) is 0 Å². The summed E-state index contributed by atoms with van der Waals surface area (Å²) in [6, 6.07) is 7.58. The van der Waals surface area contributed by atoms with Gasteiger partial charge in [-0.1, -0.05) is 11.6 Å². The number of halogens is 2. The largest absolute Gasteiger partial charge is 0.382 e. The van der Waals surface area contributed by atoms with E-state index in [9.17, 15) is 9.18 Å². The van der Waals surface area contributed by atoms with Gasteiger partial charge in [0.2, 0.25) is 0 Å². The summed E-state index contributed by atoms with van der Waals surface area (Å²) >= 11 is 6.18. The zero-order valence-electron chi connectivity index (χ0n) is 17.2. The minimum Gasteiger partial charge on any atom is -0.382 e. The molecule has 1 saturated carbocycles. The Labute approximate surface area is 181 Å². The predicted octanol–water partition coefficient (Wildman–Crippen LogP) is 4.51. The van der Waals surface area contributed by atoms with Crippen LogP contribution in [0.25, 0.3) is 10.9 Å². The Morgan fingerprint density at radius 2 is 2.13 bits per heavy atom. The molecule has 0 radical (unpaired) electrons. The van der Waals surface area contributed by atoms with Crippen LogP contribution in [0.3, 0.4) is 0 Å². The van der Waals surface area contributed by atoms with E-state index in [2.05, 4.69) is 15.6 Å². The Hall–Kier alpha value is -2.12. The quantitative estimate of drug-likeness (QED) is 0.726. The summed E-state index contributed by atoms with van der Waals surface area (Å²) in [6.45, 7) is 0.698. The van der Waals surface area contributed by atoms with Gasteiger partial charge in [-0.25, -0.2) is 14.2 Å². The van der Waals surface area contributed by atoms with E-state index >= 15 is 0 Å². The molecule has 30 heavy (non-hydrogen) atoms. The van der Waals surface area contributed by atoms with Crippen LogP contribution in [0.2, 0.25) is 5.02 Å². The van der Waals surface area contributed by atoms with E-state index in [1.54, 1.807) is 17.0 Å². The van der Waals surface area contributed by atoms with E-state index in [0.29, 0.717) is 23.9 Å². The summed E-state index contributed by atoms with van der Waals surface area (Å²) in [4.78, 5) is 18.7. The molecule has 2 N–H and O–H groups in total. The number of ether oxygens (including phenoxy) is 1. The normalized spacial score (nSPS) is 24.0. The fraction of sp³-hybridized carbons (Fsp3) is 0.545. The summed E-state index contributed by atoms with van der Waals surface area (Å²) in [6.07, 6.45) is 4.66. The number of pyridine rings is 1. The molecule has 6 nitrogen and oxygen atoms in total. The van der Waals surface area contributed by atoms with Crippen molar-refractivity contribution in [1.29, 1.82) is 0 Å². The van der Waals surface area contributed by atoms with E-state index in [1.165, 1.54) is 0 Å². The number of aromatic nitrogens is 1. The third-order valence-electron chi connectivity index (χ3n) is 6.10. The van der Waals surface area contributed by atoms with E-state index in [0.717, 1.165) is 48.7 Å². The fourth-order valence-corrected chi connectivity index (χ4v) is 4.55. The van der Waals surface area contributed by atoms with Crippen LogP contribution in [0.4, 0.5) is 14.9 Å². The van der Waals surface area contributed by atoms with Crippen molar-refractivity contribution >= 4 is 34.2 Å². The van der Waals surface area contributed by atoms with Gasteiger partial charge >= 0.3 is 6.03 Å². The van der Waals surface area contributed by atoms with Crippen molar-refractivity contribution in [2.75, 3.05) is 25.6 Å². The summed E-state index contributed by atoms with van der Waals surface area (Å²) in [5, 5.41) is 8.24. The van der Waals surface area contributed by atoms with Crippen LogP contribution < -0.4 is 10.6 Å². The second-order valence-corrected chi connectivity index (χ2v) is 8.68. The number of nitrogens with one attached hydrogen (secondary N) is 2. The summed E-state index contributed by atoms with van der Waals surface area (Å²) in [5.41, 5.74) is 1.96. The monoisotopic (exact) mass is 434 g/mol. The molecule has 1 saturated heterocycles. The van der Waals surface area contributed by atoms with Crippen LogP contribution in [0, 0.1) is 0 Å². The lowest BCUT2D eigenvalue weighted by atomic mass is 9.90. The molecular formula is C22H28ClFN4O2. The molecule has 3 atom stereocenters. The number of rotatable bonds is 5. The molecule has 2 aromatic rings. The smallest absolute Gasteiger partial charge is 0.317 e. The SMILES string of the molecule is CN(C(=O)N[C@@H]1CCC[C@H](Nc2cc(CF)nc3ccc(Cl)cc23)C1)[C@@H]1CCOC1. The van der Waals surface area contributed by atoms with E-state index in [4.69, 9.17) is 16.3 Å². The molecule has 2 fully saturated rings. The Morgan fingerprint density at radius 3 is 2.90 bits per heavy atom. The number of amides is 2. The lowest BCUT2D eigenvalue weighted by Gasteiger charge is -2.33. The van der Waals surface area contributed by atoms with Crippen molar-refractivity contribution in [1.82, 2.24) is 15.2 Å². The van der Waals surface area contributed by atoms with Gasteiger partial charge in [-0.3, -0.25) is 0 Å². The predicted molar refractivity (Wildman–Crippen MR) is 117 cm³/mol. The number of hydrogen-bond acceptors (Lipinski definition) is 4. The van der Waals surface area contributed by atoms with Gasteiger partial charge in [0.1, 0.15) is 6.67 Å². The first kappa shape index (κ1) is 21.1. The zero-order chi connectivity index (χ0) is 21.1. The van der Waals surface area contributed by atoms with Gasteiger partial charge in [-0.15, -0.1) is 0 Å². The molecule has 0 unspecified atom stereocenters. The molecule has 1 aliphatic heterocycles. The first-order chi connectivity index (χ1) is 14.5. The maximum atomic E-state index is 13.3. The van der Waals surface area contributed by atoms with Crippen molar-refractivity contribution in [3.63, 3.8) is 0 Å². The molecule has 1 aromatic carbocycles. The Morgan fingerprint density at radius 1 is 1.30 bits per heavy atom. The fourth-order valence-electron chi connectivity index (χ4n) is 4.38. The van der Waals surface area contributed by atoms with Gasteiger partial charge in [0, 0.05) is 41.8 Å². The first-order valence-corrected chi connectivity index (χ1v) is 10.9. The maximum Gasteiger partial charge on any atom is 0.317 e. The highest BCUT2D eigenvalue weighted by molar-refractivity contribution is 6.31. The number of anilines is 1. The van der Waals surface area contributed by atoms with Crippen molar-refractivity contribution in [2.45, 2.75) is 56.9 Å². The average molecular weight is 435 g/mol. The highest BCUT2D eigenvalue weighted by Crippen LogP contribution is 2.30. The number of hydrogen-bond donors (Lipinski definition) is 2. The van der Waals surface area contributed by atoms with Crippen LogP contribution in [0.15, 0.2) is 24.3 Å². The van der Waals surface area contributed by atoms with Crippen molar-refractivity contribution in [2.24, 2.45) is 0 Å². The third-order valence-corrected chi connectivity index (χ3v) is 6.33. The lowest BCUT2D eigenvalue weighted by molar-refractivity contribution is 0.154. The number of benzene rings is 1. The Bertz CT molecular complexity index is 906. The minimum absolute atomic E-state index is 0.0444. The minimum atomic E-state index is -0.617. The second-order valence-electron chi connectivity index (χ2n) is 8.24. The number of carbonyl (C=O) groups is 1. The van der Waals surface area contributed by atoms with Crippen LogP contribution >= 0.6 is 11.6 Å². The standard InChI is InChI=1S/C22H28ClFN4O2/c1-28(18-7-8-30-13-18)22(29)27-16-4-2-3-15(10-16)25-21-11-17(12-24)26-20-6-5-14(23)9-19(20)21/h5-6,9,11,15-16,18H,2-4,7-8,10,12-13H2,1H3,(H,25,26)(H,27,29)/t15-,16+,18+/m0/s1. The van der Waals surface area contributed by atoms with Gasteiger partial charge < -0.3 is 20.3 Å². The van der Waals surface area contributed by atoms with Gasteiger partial charge in [0.25, 0.3) is 0 Å². The molecule has 1 aromatic heterocycles. The van der Waals surface area contributed by atoms with Gasteiger partial charge in [0.05, 0.1) is 23.9 Å². The van der Waals surface area contributed by atoms with Crippen molar-refractivity contribution < 1.29 is 13.9 Å². The van der Waals surface area contributed by atoms with Crippen molar-refractivity contribution in [3.05, 3.63) is 35.0 Å². The molecule has 2 aliphatic rings. The van der Waals surface area contributed by atoms with Crippen LogP contribution in [0.1, 0.15) is 37.8 Å². The summed E-state index contributed by atoms with van der Waals surface area (Å²) in [7, 11) is 1.83. The number of fused-ring (bicyclic) bond motifs is 1. The van der Waals surface area contributed by atoms with Gasteiger partial charge in [-0.05, 0) is 56.4 Å².